The molecule has 5 heteroatoms. The number of rotatable bonds is 2. The molecule has 0 spiro atoms. The summed E-state index contributed by atoms with van der Waals surface area (Å²) in [5, 5.41) is 8.56. The predicted molar refractivity (Wildman–Crippen MR) is 45.6 cm³/mol. The second-order valence-electron chi connectivity index (χ2n) is 2.01. The van der Waals surface area contributed by atoms with E-state index in [4.69, 9.17) is 9.81 Å². The first-order chi connectivity index (χ1) is 5.74. The Balaban J connectivity index is 2.99. The largest absolute Gasteiger partial charge is 0.289 e. The van der Waals surface area contributed by atoms with Gasteiger partial charge in [-0.05, 0) is 12.1 Å². The third-order valence-corrected chi connectivity index (χ3v) is 1.64. The first-order valence-electron chi connectivity index (χ1n) is 3.10. The number of benzene rings is 1. The van der Waals surface area contributed by atoms with E-state index in [1.54, 1.807) is 24.3 Å². The minimum Gasteiger partial charge on any atom is -0.289 e. The number of para-hydroxylation sites is 1. The highest BCUT2D eigenvalue weighted by atomic mass is 32.2. The third-order valence-electron chi connectivity index (χ3n) is 1.24. The van der Waals surface area contributed by atoms with Crippen LogP contribution in [0.15, 0.2) is 24.3 Å². The molecule has 0 saturated carbocycles. The number of nitrogens with zero attached hydrogens (tertiary/aromatic N) is 1. The van der Waals surface area contributed by atoms with Crippen LogP contribution in [0.4, 0.5) is 5.69 Å². The standard InChI is InChI=1S/C7H6N2O2S/c8-5-6-3-1-2-4-7(6)9-12(10)11/h1-4,9H,(H,10,11). The maximum absolute atomic E-state index is 10.3. The van der Waals surface area contributed by atoms with Gasteiger partial charge < -0.3 is 0 Å². The summed E-state index contributed by atoms with van der Waals surface area (Å²) in [7, 11) is 0. The highest BCUT2D eigenvalue weighted by Gasteiger charge is 2.00. The van der Waals surface area contributed by atoms with Gasteiger partial charge in [-0.15, -0.1) is 0 Å². The fraction of sp³-hybridized carbons (Fsp3) is 0. The van der Waals surface area contributed by atoms with Gasteiger partial charge in [0.2, 0.25) is 0 Å². The van der Waals surface area contributed by atoms with Crippen molar-refractivity contribution in [1.29, 1.82) is 5.26 Å². The Labute approximate surface area is 72.3 Å². The molecule has 1 atom stereocenters. The lowest BCUT2D eigenvalue weighted by atomic mass is 10.2. The number of hydrogen-bond donors (Lipinski definition) is 2. The highest BCUT2D eigenvalue weighted by Crippen LogP contribution is 2.13. The molecule has 4 nitrogen and oxygen atoms in total. The van der Waals surface area contributed by atoms with Crippen molar-refractivity contribution in [3.8, 4) is 6.07 Å². The molecule has 0 amide bonds. The Morgan fingerprint density at radius 1 is 1.50 bits per heavy atom. The van der Waals surface area contributed by atoms with Gasteiger partial charge in [-0.2, -0.15) is 5.26 Å². The van der Waals surface area contributed by atoms with Crippen LogP contribution in [-0.4, -0.2) is 8.76 Å². The molecule has 1 rings (SSSR count). The molecule has 1 aromatic rings. The van der Waals surface area contributed by atoms with Crippen molar-refractivity contribution in [2.45, 2.75) is 0 Å². The third kappa shape index (κ3) is 2.05. The van der Waals surface area contributed by atoms with Crippen LogP contribution in [0.25, 0.3) is 0 Å². The predicted octanol–water partition coefficient (Wildman–Crippen LogP) is 1.11. The zero-order valence-corrected chi connectivity index (χ0v) is 6.84. The average molecular weight is 182 g/mol. The van der Waals surface area contributed by atoms with Gasteiger partial charge in [-0.3, -0.25) is 9.27 Å². The summed E-state index contributed by atoms with van der Waals surface area (Å²) < 4.78 is 21.0. The summed E-state index contributed by atoms with van der Waals surface area (Å²) in [5.74, 6) is 0. The van der Waals surface area contributed by atoms with Crippen LogP contribution in [0.3, 0.4) is 0 Å². The average Bonchev–Trinajstić information content (AvgIpc) is 2.04. The second kappa shape index (κ2) is 3.85. The van der Waals surface area contributed by atoms with Crippen molar-refractivity contribution in [3.63, 3.8) is 0 Å². The van der Waals surface area contributed by atoms with Crippen LogP contribution in [0.1, 0.15) is 5.56 Å². The summed E-state index contributed by atoms with van der Waals surface area (Å²) >= 11 is -2.13. The van der Waals surface area contributed by atoms with E-state index in [2.05, 4.69) is 4.72 Å². The van der Waals surface area contributed by atoms with Gasteiger partial charge >= 0.3 is 0 Å². The summed E-state index contributed by atoms with van der Waals surface area (Å²) in [5.41, 5.74) is 0.709. The fourth-order valence-corrected chi connectivity index (χ4v) is 1.13. The van der Waals surface area contributed by atoms with Crippen molar-refractivity contribution in [1.82, 2.24) is 0 Å². The molecular weight excluding hydrogens is 176 g/mol. The van der Waals surface area contributed by atoms with E-state index < -0.39 is 11.3 Å². The van der Waals surface area contributed by atoms with Crippen LogP contribution in [0.5, 0.6) is 0 Å². The molecule has 0 aliphatic carbocycles. The molecule has 0 heterocycles. The van der Waals surface area contributed by atoms with Gasteiger partial charge in [0, 0.05) is 0 Å². The number of nitriles is 1. The molecular formula is C7H6N2O2S. The summed E-state index contributed by atoms with van der Waals surface area (Å²) in [6, 6.07) is 8.38. The van der Waals surface area contributed by atoms with Gasteiger partial charge in [0.25, 0.3) is 11.3 Å². The zero-order valence-electron chi connectivity index (χ0n) is 6.02. The number of anilines is 1. The monoisotopic (exact) mass is 182 g/mol. The fourth-order valence-electron chi connectivity index (χ4n) is 0.764. The van der Waals surface area contributed by atoms with Gasteiger partial charge in [-0.25, -0.2) is 4.21 Å². The lowest BCUT2D eigenvalue weighted by Crippen LogP contribution is -2.03. The van der Waals surface area contributed by atoms with E-state index in [-0.39, 0.29) is 0 Å². The van der Waals surface area contributed by atoms with Gasteiger partial charge in [-0.1, -0.05) is 12.1 Å². The van der Waals surface area contributed by atoms with Gasteiger partial charge in [0.05, 0.1) is 11.3 Å². The van der Waals surface area contributed by atoms with Crippen molar-refractivity contribution >= 4 is 17.0 Å². The van der Waals surface area contributed by atoms with Gasteiger partial charge in [0.15, 0.2) is 0 Å². The van der Waals surface area contributed by atoms with Crippen LogP contribution >= 0.6 is 0 Å². The maximum atomic E-state index is 10.3. The van der Waals surface area contributed by atoms with Crippen LogP contribution in [0, 0.1) is 11.3 Å². The summed E-state index contributed by atoms with van der Waals surface area (Å²) in [6.07, 6.45) is 0. The molecule has 1 unspecified atom stereocenters. The van der Waals surface area contributed by atoms with Crippen molar-refractivity contribution in [2.24, 2.45) is 0 Å². The molecule has 0 aromatic heterocycles. The quantitative estimate of drug-likeness (QED) is 0.673. The lowest BCUT2D eigenvalue weighted by Gasteiger charge is -2.01. The Kier molecular flexibility index (Phi) is 2.80. The van der Waals surface area contributed by atoms with Crippen molar-refractivity contribution in [2.75, 3.05) is 4.72 Å². The lowest BCUT2D eigenvalue weighted by molar-refractivity contribution is 0.570. The van der Waals surface area contributed by atoms with Gasteiger partial charge in [0.1, 0.15) is 6.07 Å². The molecule has 0 fully saturated rings. The van der Waals surface area contributed by atoms with E-state index in [1.807, 2.05) is 6.07 Å². The normalized spacial score (nSPS) is 11.7. The number of nitrogens with one attached hydrogen (secondary N) is 1. The Hall–Kier alpha value is -1.38. The van der Waals surface area contributed by atoms with Crippen molar-refractivity contribution in [3.05, 3.63) is 29.8 Å². The molecule has 0 saturated heterocycles. The molecule has 0 bridgehead atoms. The first kappa shape index (κ1) is 8.71. The first-order valence-corrected chi connectivity index (χ1v) is 4.21. The zero-order chi connectivity index (χ0) is 8.97. The molecule has 12 heavy (non-hydrogen) atoms. The SMILES string of the molecule is N#Cc1ccccc1NS(=O)O. The van der Waals surface area contributed by atoms with E-state index in [9.17, 15) is 4.21 Å². The van der Waals surface area contributed by atoms with Crippen LogP contribution in [0.2, 0.25) is 0 Å². The highest BCUT2D eigenvalue weighted by molar-refractivity contribution is 7.80. The van der Waals surface area contributed by atoms with E-state index in [1.165, 1.54) is 0 Å². The molecule has 2 N–H and O–H groups in total. The Morgan fingerprint density at radius 2 is 2.17 bits per heavy atom. The molecule has 0 aliphatic heterocycles. The van der Waals surface area contributed by atoms with Crippen LogP contribution < -0.4 is 4.72 Å². The number of hydrogen-bond acceptors (Lipinski definition) is 2. The van der Waals surface area contributed by atoms with Crippen LogP contribution in [-0.2, 0) is 11.3 Å². The smallest absolute Gasteiger partial charge is 0.259 e. The molecule has 0 aliphatic rings. The van der Waals surface area contributed by atoms with Crippen molar-refractivity contribution < 1.29 is 8.76 Å². The van der Waals surface area contributed by atoms with E-state index in [0.717, 1.165) is 0 Å². The summed E-state index contributed by atoms with van der Waals surface area (Å²) in [6.45, 7) is 0. The topological polar surface area (TPSA) is 73.1 Å². The Bertz CT molecular complexity index is 346. The van der Waals surface area contributed by atoms with E-state index >= 15 is 0 Å². The van der Waals surface area contributed by atoms with E-state index in [0.29, 0.717) is 11.3 Å². The minimum atomic E-state index is -2.13. The minimum absolute atomic E-state index is 0.347. The maximum Gasteiger partial charge on any atom is 0.259 e. The molecule has 1 aromatic carbocycles. The Morgan fingerprint density at radius 3 is 2.75 bits per heavy atom. The molecule has 0 radical (unpaired) electrons. The molecule has 62 valence electrons. The second-order valence-corrected chi connectivity index (χ2v) is 2.71. The summed E-state index contributed by atoms with van der Waals surface area (Å²) in [4.78, 5) is 0.